The Morgan fingerprint density at radius 3 is 2.73 bits per heavy atom. The van der Waals surface area contributed by atoms with Gasteiger partial charge in [-0.2, -0.15) is 0 Å². The van der Waals surface area contributed by atoms with E-state index in [0.29, 0.717) is 0 Å². The number of thioether (sulfide) groups is 1. The predicted octanol–water partition coefficient (Wildman–Crippen LogP) is 4.22. The summed E-state index contributed by atoms with van der Waals surface area (Å²) in [6, 6.07) is 14.6. The molecular weight excluding hydrogens is 290 g/mol. The number of nitrogens with one attached hydrogen (secondary N) is 1. The number of hydrogen-bond acceptors (Lipinski definition) is 2. The second-order valence-electron chi connectivity index (χ2n) is 6.06. The summed E-state index contributed by atoms with van der Waals surface area (Å²) in [7, 11) is 0. The molecule has 0 fully saturated rings. The van der Waals surface area contributed by atoms with Crippen molar-refractivity contribution in [2.24, 2.45) is 0 Å². The molecule has 1 atom stereocenters. The number of carbonyl (C=O) groups excluding carboxylic acids is 1. The van der Waals surface area contributed by atoms with Crippen molar-refractivity contribution in [2.45, 2.75) is 42.2 Å². The van der Waals surface area contributed by atoms with Crippen LogP contribution < -0.4 is 5.32 Å². The van der Waals surface area contributed by atoms with E-state index in [9.17, 15) is 4.79 Å². The van der Waals surface area contributed by atoms with E-state index in [4.69, 9.17) is 0 Å². The van der Waals surface area contributed by atoms with Gasteiger partial charge in [0.2, 0.25) is 5.91 Å². The monoisotopic (exact) mass is 309 g/mol. The fourth-order valence-electron chi connectivity index (χ4n) is 3.44. The lowest BCUT2D eigenvalue weighted by molar-refractivity contribution is -0.115. The first-order valence-electron chi connectivity index (χ1n) is 7.97. The van der Waals surface area contributed by atoms with E-state index < -0.39 is 0 Å². The molecule has 2 nitrogen and oxygen atoms in total. The van der Waals surface area contributed by atoms with Gasteiger partial charge in [-0.05, 0) is 60.9 Å². The summed E-state index contributed by atoms with van der Waals surface area (Å²) in [5, 5.41) is 3.18. The smallest absolute Gasteiger partial charge is 0.238 e. The van der Waals surface area contributed by atoms with Crippen LogP contribution in [-0.2, 0) is 24.1 Å². The van der Waals surface area contributed by atoms with E-state index in [1.807, 2.05) is 12.1 Å². The summed E-state index contributed by atoms with van der Waals surface area (Å²) in [5.74, 6) is 0.139. The van der Waals surface area contributed by atoms with Gasteiger partial charge in [0.05, 0.1) is 5.25 Å². The molecule has 1 N–H and O–H groups in total. The highest BCUT2D eigenvalue weighted by Crippen LogP contribution is 2.37. The fraction of sp³-hybridized carbons (Fsp3) is 0.316. The number of carbonyl (C=O) groups is 1. The molecule has 3 heteroatoms. The van der Waals surface area contributed by atoms with Gasteiger partial charge in [0.1, 0.15) is 0 Å². The molecule has 1 heterocycles. The Morgan fingerprint density at radius 2 is 1.82 bits per heavy atom. The summed E-state index contributed by atoms with van der Waals surface area (Å²) in [4.78, 5) is 13.9. The molecule has 0 bridgehead atoms. The molecule has 0 aromatic heterocycles. The fourth-order valence-corrected chi connectivity index (χ4v) is 4.64. The van der Waals surface area contributed by atoms with Crippen molar-refractivity contribution in [3.05, 3.63) is 59.2 Å². The van der Waals surface area contributed by atoms with Gasteiger partial charge in [-0.15, -0.1) is 11.8 Å². The van der Waals surface area contributed by atoms with Crippen LogP contribution in [-0.4, -0.2) is 11.2 Å². The van der Waals surface area contributed by atoms with Gasteiger partial charge in [-0.3, -0.25) is 4.79 Å². The van der Waals surface area contributed by atoms with E-state index in [0.717, 1.165) is 24.9 Å². The predicted molar refractivity (Wildman–Crippen MR) is 91.5 cm³/mol. The van der Waals surface area contributed by atoms with Crippen molar-refractivity contribution in [2.75, 3.05) is 5.32 Å². The summed E-state index contributed by atoms with van der Waals surface area (Å²) in [5.41, 5.74) is 5.08. The number of rotatable bonds is 2. The molecule has 2 aromatic rings. The zero-order valence-electron chi connectivity index (χ0n) is 12.5. The van der Waals surface area contributed by atoms with E-state index in [-0.39, 0.29) is 11.2 Å². The first-order chi connectivity index (χ1) is 10.8. The van der Waals surface area contributed by atoms with E-state index in [1.54, 1.807) is 11.8 Å². The van der Waals surface area contributed by atoms with E-state index >= 15 is 0 Å². The molecule has 0 radical (unpaired) electrons. The highest BCUT2D eigenvalue weighted by molar-refractivity contribution is 8.01. The van der Waals surface area contributed by atoms with Crippen molar-refractivity contribution in [1.82, 2.24) is 0 Å². The Labute approximate surface area is 135 Å². The van der Waals surface area contributed by atoms with Crippen molar-refractivity contribution in [3.8, 4) is 0 Å². The topological polar surface area (TPSA) is 29.1 Å². The van der Waals surface area contributed by atoms with Crippen LogP contribution in [0.4, 0.5) is 5.69 Å². The summed E-state index contributed by atoms with van der Waals surface area (Å²) < 4.78 is 0. The van der Waals surface area contributed by atoms with Gasteiger partial charge in [-0.25, -0.2) is 0 Å². The first kappa shape index (κ1) is 13.9. The molecule has 4 rings (SSSR count). The van der Waals surface area contributed by atoms with Crippen LogP contribution in [0.3, 0.4) is 0 Å². The molecule has 0 saturated carbocycles. The molecule has 1 amide bonds. The van der Waals surface area contributed by atoms with Crippen LogP contribution in [0.5, 0.6) is 0 Å². The zero-order chi connectivity index (χ0) is 14.9. The number of aryl methyl sites for hydroxylation is 1. The maximum absolute atomic E-state index is 12.6. The standard InChI is InChI=1S/C19H19NOS/c21-19(18-12-14-7-2-4-11-17(14)22-18)20-16-10-5-8-13-6-1-3-9-15(13)16/h2,4-5,7-8,10-11,18H,1,3,6,9,12H2,(H,20,21)/t18-/m0/s1. The molecule has 22 heavy (non-hydrogen) atoms. The van der Waals surface area contributed by atoms with Gasteiger partial charge in [0.15, 0.2) is 0 Å². The first-order valence-corrected chi connectivity index (χ1v) is 8.85. The van der Waals surface area contributed by atoms with Crippen LogP contribution in [0.25, 0.3) is 0 Å². The third-order valence-electron chi connectivity index (χ3n) is 4.59. The Bertz CT molecular complexity index is 700. The van der Waals surface area contributed by atoms with Crippen molar-refractivity contribution < 1.29 is 4.79 Å². The highest BCUT2D eigenvalue weighted by atomic mass is 32.2. The molecule has 2 aliphatic rings. The Hall–Kier alpha value is -1.74. The zero-order valence-corrected chi connectivity index (χ0v) is 13.3. The lowest BCUT2D eigenvalue weighted by Gasteiger charge is -2.20. The normalized spacial score (nSPS) is 19.4. The number of anilines is 1. The van der Waals surface area contributed by atoms with Crippen molar-refractivity contribution in [1.29, 1.82) is 0 Å². The maximum Gasteiger partial charge on any atom is 0.238 e. The summed E-state index contributed by atoms with van der Waals surface area (Å²) in [6.07, 6.45) is 5.55. The van der Waals surface area contributed by atoms with Crippen LogP contribution in [0.1, 0.15) is 29.5 Å². The molecule has 2 aromatic carbocycles. The Kier molecular flexibility index (Phi) is 3.67. The van der Waals surface area contributed by atoms with Gasteiger partial charge in [-0.1, -0.05) is 30.3 Å². The third-order valence-corrected chi connectivity index (χ3v) is 5.91. The number of hydrogen-bond donors (Lipinski definition) is 1. The Balaban J connectivity index is 1.52. The van der Waals surface area contributed by atoms with Crippen LogP contribution in [0.2, 0.25) is 0 Å². The lowest BCUT2D eigenvalue weighted by atomic mass is 9.90. The molecule has 0 spiro atoms. The van der Waals surface area contributed by atoms with Crippen LogP contribution >= 0.6 is 11.8 Å². The molecule has 112 valence electrons. The highest BCUT2D eigenvalue weighted by Gasteiger charge is 2.28. The number of benzene rings is 2. The minimum absolute atomic E-state index is 0.00292. The molecule has 1 aliphatic heterocycles. The largest absolute Gasteiger partial charge is 0.325 e. The minimum atomic E-state index is -0.00292. The Morgan fingerprint density at radius 1 is 1.00 bits per heavy atom. The third kappa shape index (κ3) is 2.54. The number of amides is 1. The van der Waals surface area contributed by atoms with E-state index in [2.05, 4.69) is 35.6 Å². The van der Waals surface area contributed by atoms with Crippen LogP contribution in [0, 0.1) is 0 Å². The summed E-state index contributed by atoms with van der Waals surface area (Å²) >= 11 is 1.69. The second kappa shape index (κ2) is 5.81. The van der Waals surface area contributed by atoms with E-state index in [1.165, 1.54) is 34.4 Å². The van der Waals surface area contributed by atoms with Crippen molar-refractivity contribution >= 4 is 23.4 Å². The minimum Gasteiger partial charge on any atom is -0.325 e. The van der Waals surface area contributed by atoms with Gasteiger partial charge in [0.25, 0.3) is 0 Å². The second-order valence-corrected chi connectivity index (χ2v) is 7.30. The van der Waals surface area contributed by atoms with Crippen LogP contribution in [0.15, 0.2) is 47.4 Å². The SMILES string of the molecule is O=C(Nc1cccc2c1CCCC2)[C@@H]1Cc2ccccc2S1. The molecule has 1 aliphatic carbocycles. The van der Waals surface area contributed by atoms with Gasteiger partial charge >= 0.3 is 0 Å². The van der Waals surface area contributed by atoms with Gasteiger partial charge < -0.3 is 5.32 Å². The maximum atomic E-state index is 12.6. The average Bonchev–Trinajstić information content (AvgIpc) is 2.99. The van der Waals surface area contributed by atoms with Crippen molar-refractivity contribution in [3.63, 3.8) is 0 Å². The number of fused-ring (bicyclic) bond motifs is 2. The average molecular weight is 309 g/mol. The van der Waals surface area contributed by atoms with Gasteiger partial charge in [0, 0.05) is 10.6 Å². The molecular formula is C19H19NOS. The molecule has 0 saturated heterocycles. The summed E-state index contributed by atoms with van der Waals surface area (Å²) in [6.45, 7) is 0. The lowest BCUT2D eigenvalue weighted by Crippen LogP contribution is -2.25. The molecule has 0 unspecified atom stereocenters. The quantitative estimate of drug-likeness (QED) is 0.900.